The van der Waals surface area contributed by atoms with Gasteiger partial charge in [-0.2, -0.15) is 0 Å². The molecule has 4 rings (SSSR count). The molecule has 0 radical (unpaired) electrons. The van der Waals surface area contributed by atoms with Crippen LogP contribution in [0.5, 0.6) is 0 Å². The van der Waals surface area contributed by atoms with Gasteiger partial charge in [0.2, 0.25) is 5.78 Å². The quantitative estimate of drug-likeness (QED) is 0.597. The fraction of sp³-hybridized carbons (Fsp3) is 0.0435. The second-order valence-corrected chi connectivity index (χ2v) is 7.28. The summed E-state index contributed by atoms with van der Waals surface area (Å²) in [4.78, 5) is 26.5. The van der Waals surface area contributed by atoms with E-state index < -0.39 is 0 Å². The first-order chi connectivity index (χ1) is 13.1. The van der Waals surface area contributed by atoms with E-state index in [-0.39, 0.29) is 11.6 Å². The maximum atomic E-state index is 13.3. The van der Waals surface area contributed by atoms with Crippen LogP contribution in [-0.4, -0.2) is 11.6 Å². The van der Waals surface area contributed by atoms with Crippen LogP contribution in [0.25, 0.3) is 5.57 Å². The number of ketones is 2. The molecular formula is C23H16BrNO2. The predicted molar refractivity (Wildman–Crippen MR) is 111 cm³/mol. The van der Waals surface area contributed by atoms with E-state index in [0.29, 0.717) is 28.0 Å². The van der Waals surface area contributed by atoms with Crippen molar-refractivity contribution < 1.29 is 9.59 Å². The molecule has 132 valence electrons. The molecule has 3 aromatic rings. The monoisotopic (exact) mass is 417 g/mol. The summed E-state index contributed by atoms with van der Waals surface area (Å²) < 4.78 is 0.767. The lowest BCUT2D eigenvalue weighted by Gasteiger charge is -2.23. The second-order valence-electron chi connectivity index (χ2n) is 6.42. The summed E-state index contributed by atoms with van der Waals surface area (Å²) in [5.41, 5.74) is 4.12. The first-order valence-corrected chi connectivity index (χ1v) is 9.37. The molecule has 0 fully saturated rings. The average molecular weight is 418 g/mol. The third kappa shape index (κ3) is 3.13. The fourth-order valence-corrected chi connectivity index (χ4v) is 3.68. The van der Waals surface area contributed by atoms with Crippen LogP contribution in [0, 0.1) is 6.92 Å². The van der Waals surface area contributed by atoms with Gasteiger partial charge in [0.15, 0.2) is 5.78 Å². The van der Waals surface area contributed by atoms with E-state index in [0.717, 1.165) is 15.7 Å². The van der Waals surface area contributed by atoms with Crippen molar-refractivity contribution in [2.24, 2.45) is 0 Å². The first kappa shape index (κ1) is 17.4. The molecule has 0 unspecified atom stereocenters. The number of carbonyl (C=O) groups is 2. The van der Waals surface area contributed by atoms with Gasteiger partial charge in [-0.15, -0.1) is 0 Å². The Morgan fingerprint density at radius 1 is 0.704 bits per heavy atom. The lowest BCUT2D eigenvalue weighted by molar-refractivity contribution is 0.0993. The maximum absolute atomic E-state index is 13.3. The van der Waals surface area contributed by atoms with Crippen molar-refractivity contribution in [3.63, 3.8) is 0 Å². The highest BCUT2D eigenvalue weighted by molar-refractivity contribution is 9.10. The van der Waals surface area contributed by atoms with Crippen LogP contribution in [0.1, 0.15) is 31.8 Å². The van der Waals surface area contributed by atoms with Crippen LogP contribution >= 0.6 is 15.9 Å². The number of carbonyl (C=O) groups excluding carboxylic acids is 2. The largest absolute Gasteiger partial charge is 0.352 e. The molecule has 0 amide bonds. The molecule has 1 aliphatic carbocycles. The molecule has 1 aliphatic rings. The van der Waals surface area contributed by atoms with Crippen molar-refractivity contribution >= 4 is 38.8 Å². The summed E-state index contributed by atoms with van der Waals surface area (Å²) in [5, 5.41) is 3.19. The number of allylic oxidation sites excluding steroid dienone is 2. The van der Waals surface area contributed by atoms with Crippen LogP contribution in [0.4, 0.5) is 5.69 Å². The summed E-state index contributed by atoms with van der Waals surface area (Å²) in [5.74, 6) is -0.344. The number of Topliss-reactive ketones (excluding diaryl/α,β-unsaturated/α-hetero) is 2. The minimum Gasteiger partial charge on any atom is -0.352 e. The topological polar surface area (TPSA) is 46.2 Å². The van der Waals surface area contributed by atoms with E-state index in [1.807, 2.05) is 55.5 Å². The number of anilines is 1. The van der Waals surface area contributed by atoms with Crippen molar-refractivity contribution in [2.45, 2.75) is 6.92 Å². The Balaban J connectivity index is 1.93. The first-order valence-electron chi connectivity index (χ1n) is 8.57. The lowest BCUT2D eigenvalue weighted by atomic mass is 9.84. The summed E-state index contributed by atoms with van der Waals surface area (Å²) in [7, 11) is 0. The summed E-state index contributed by atoms with van der Waals surface area (Å²) >= 11 is 3.52. The smallest absolute Gasteiger partial charge is 0.210 e. The molecule has 0 heterocycles. The van der Waals surface area contributed by atoms with Gasteiger partial charge in [-0.3, -0.25) is 9.59 Å². The number of aryl methyl sites for hydroxylation is 1. The lowest BCUT2D eigenvalue weighted by Crippen LogP contribution is -2.25. The zero-order chi connectivity index (χ0) is 19.0. The van der Waals surface area contributed by atoms with Gasteiger partial charge in [0.05, 0.1) is 11.3 Å². The van der Waals surface area contributed by atoms with Gasteiger partial charge in [0, 0.05) is 26.9 Å². The molecule has 3 aromatic carbocycles. The van der Waals surface area contributed by atoms with E-state index in [1.54, 1.807) is 24.3 Å². The number of nitrogens with one attached hydrogen (secondary N) is 1. The summed E-state index contributed by atoms with van der Waals surface area (Å²) in [6.45, 7) is 2.00. The van der Waals surface area contributed by atoms with E-state index in [4.69, 9.17) is 0 Å². The van der Waals surface area contributed by atoms with Crippen LogP contribution in [0.2, 0.25) is 0 Å². The van der Waals surface area contributed by atoms with Crippen molar-refractivity contribution in [1.82, 2.24) is 0 Å². The number of hydrogen-bond acceptors (Lipinski definition) is 3. The second kappa shape index (κ2) is 6.97. The Labute approximate surface area is 165 Å². The fourth-order valence-electron chi connectivity index (χ4n) is 3.20. The van der Waals surface area contributed by atoms with Crippen LogP contribution in [-0.2, 0) is 0 Å². The highest BCUT2D eigenvalue weighted by atomic mass is 79.9. The highest BCUT2D eigenvalue weighted by Crippen LogP contribution is 2.36. The van der Waals surface area contributed by atoms with Gasteiger partial charge >= 0.3 is 0 Å². The molecule has 27 heavy (non-hydrogen) atoms. The molecule has 0 spiro atoms. The molecule has 0 aliphatic heterocycles. The van der Waals surface area contributed by atoms with Gasteiger partial charge in [-0.25, -0.2) is 0 Å². The number of fused-ring (bicyclic) bond motifs is 1. The minimum absolute atomic E-state index is 0.160. The van der Waals surface area contributed by atoms with Gasteiger partial charge in [0.25, 0.3) is 0 Å². The third-order valence-electron chi connectivity index (χ3n) is 4.58. The van der Waals surface area contributed by atoms with Gasteiger partial charge in [0.1, 0.15) is 0 Å². The zero-order valence-electron chi connectivity index (χ0n) is 14.6. The van der Waals surface area contributed by atoms with E-state index in [2.05, 4.69) is 21.2 Å². The maximum Gasteiger partial charge on any atom is 0.210 e. The Kier molecular flexibility index (Phi) is 4.50. The third-order valence-corrected chi connectivity index (χ3v) is 5.28. The zero-order valence-corrected chi connectivity index (χ0v) is 16.2. The number of hydrogen-bond donors (Lipinski definition) is 1. The molecule has 4 heteroatoms. The highest BCUT2D eigenvalue weighted by Gasteiger charge is 2.33. The SMILES string of the molecule is Cc1ccc(NC2=C(c3ccccc3Br)C(=O)c3ccccc3C2=O)cc1. The van der Waals surface area contributed by atoms with Crippen molar-refractivity contribution in [1.29, 1.82) is 0 Å². The Morgan fingerprint density at radius 3 is 1.89 bits per heavy atom. The normalized spacial score (nSPS) is 13.6. The molecular weight excluding hydrogens is 402 g/mol. The molecule has 0 bridgehead atoms. The molecule has 0 saturated heterocycles. The Morgan fingerprint density at radius 2 is 1.26 bits per heavy atom. The summed E-state index contributed by atoms with van der Waals surface area (Å²) in [6.07, 6.45) is 0. The molecule has 0 atom stereocenters. The van der Waals surface area contributed by atoms with E-state index >= 15 is 0 Å². The van der Waals surface area contributed by atoms with Crippen LogP contribution < -0.4 is 5.32 Å². The molecule has 0 aromatic heterocycles. The molecule has 0 saturated carbocycles. The molecule has 1 N–H and O–H groups in total. The number of halogens is 1. The summed E-state index contributed by atoms with van der Waals surface area (Å²) in [6, 6.07) is 22.1. The van der Waals surface area contributed by atoms with Gasteiger partial charge in [-0.05, 0) is 25.1 Å². The molecule has 3 nitrogen and oxygen atoms in total. The van der Waals surface area contributed by atoms with Gasteiger partial charge < -0.3 is 5.32 Å². The number of rotatable bonds is 3. The Bertz CT molecular complexity index is 1100. The standard InChI is InChI=1S/C23H16BrNO2/c1-14-10-12-15(13-11-14)25-21-20(18-8-4-5-9-19(18)24)22(26)16-6-2-3-7-17(16)23(21)27/h2-13,25H,1H3. The van der Waals surface area contributed by atoms with Crippen molar-refractivity contribution in [2.75, 3.05) is 5.32 Å². The predicted octanol–water partition coefficient (Wildman–Crippen LogP) is 5.66. The minimum atomic E-state index is -0.184. The average Bonchev–Trinajstić information content (AvgIpc) is 2.69. The van der Waals surface area contributed by atoms with Crippen molar-refractivity contribution in [3.8, 4) is 0 Å². The Hall–Kier alpha value is -2.98. The van der Waals surface area contributed by atoms with E-state index in [1.165, 1.54) is 0 Å². The van der Waals surface area contributed by atoms with E-state index in [9.17, 15) is 9.59 Å². The van der Waals surface area contributed by atoms with Gasteiger partial charge in [-0.1, -0.05) is 76.1 Å². The van der Waals surface area contributed by atoms with Crippen LogP contribution in [0.3, 0.4) is 0 Å². The van der Waals surface area contributed by atoms with Crippen molar-refractivity contribution in [3.05, 3.63) is 105 Å². The van der Waals surface area contributed by atoms with Crippen LogP contribution in [0.15, 0.2) is 83.0 Å². The number of benzene rings is 3.